The number of hydrogen-bond donors (Lipinski definition) is 2. The largest absolute Gasteiger partial charge is 0.482 e. The third kappa shape index (κ3) is 6.38. The molecule has 0 bridgehead atoms. The van der Waals surface area contributed by atoms with Crippen LogP contribution in [-0.4, -0.2) is 24.6 Å². The second-order valence-electron chi connectivity index (χ2n) is 6.79. The summed E-state index contributed by atoms with van der Waals surface area (Å²) in [5.74, 6) is -0.487. The predicted molar refractivity (Wildman–Crippen MR) is 117 cm³/mol. The summed E-state index contributed by atoms with van der Waals surface area (Å²) in [5.41, 5.74) is 3.62. The van der Waals surface area contributed by atoms with Crippen molar-refractivity contribution in [1.29, 1.82) is 0 Å². The van der Waals surface area contributed by atoms with Crippen molar-refractivity contribution >= 4 is 28.9 Å². The summed E-state index contributed by atoms with van der Waals surface area (Å²) in [6.45, 7) is 3.20. The second-order valence-corrected chi connectivity index (χ2v) is 6.79. The highest BCUT2D eigenvalue weighted by Crippen LogP contribution is 2.20. The van der Waals surface area contributed by atoms with Gasteiger partial charge < -0.3 is 20.1 Å². The zero-order chi connectivity index (χ0) is 21.3. The van der Waals surface area contributed by atoms with Gasteiger partial charge in [0.2, 0.25) is 0 Å². The maximum absolute atomic E-state index is 12.2. The van der Waals surface area contributed by atoms with Crippen LogP contribution in [-0.2, 0) is 14.3 Å². The number of aryl methyl sites for hydroxylation is 1. The molecule has 0 aliphatic rings. The molecule has 3 rings (SSSR count). The first-order chi connectivity index (χ1) is 14.5. The average Bonchev–Trinajstić information content (AvgIpc) is 2.75. The summed E-state index contributed by atoms with van der Waals surface area (Å²) in [6.07, 6.45) is -0.931. The lowest BCUT2D eigenvalue weighted by atomic mass is 10.2. The van der Waals surface area contributed by atoms with Gasteiger partial charge in [-0.1, -0.05) is 35.9 Å². The van der Waals surface area contributed by atoms with E-state index in [1.165, 1.54) is 6.92 Å². The SMILES string of the molecule is Cc1ccc(NC(=O)[C@@H](C)OC(=O)COc2ccc(Nc3ccccc3)cc2)cc1. The smallest absolute Gasteiger partial charge is 0.344 e. The summed E-state index contributed by atoms with van der Waals surface area (Å²) in [5, 5.41) is 5.98. The Morgan fingerprint density at radius 2 is 1.43 bits per heavy atom. The maximum atomic E-state index is 12.2. The molecule has 30 heavy (non-hydrogen) atoms. The van der Waals surface area contributed by atoms with Crippen LogP contribution in [0.1, 0.15) is 12.5 Å². The van der Waals surface area contributed by atoms with E-state index < -0.39 is 18.0 Å². The fourth-order valence-electron chi connectivity index (χ4n) is 2.63. The molecule has 154 valence electrons. The molecule has 3 aromatic carbocycles. The van der Waals surface area contributed by atoms with E-state index in [1.807, 2.05) is 61.5 Å². The van der Waals surface area contributed by atoms with Crippen molar-refractivity contribution in [2.75, 3.05) is 17.2 Å². The standard InChI is InChI=1S/C24H24N2O4/c1-17-8-10-21(11-9-17)26-24(28)18(2)30-23(27)16-29-22-14-12-20(13-15-22)25-19-6-4-3-5-7-19/h3-15,18,25H,16H2,1-2H3,(H,26,28)/t18-/m1/s1. The normalized spacial score (nSPS) is 11.3. The van der Waals surface area contributed by atoms with Crippen LogP contribution >= 0.6 is 0 Å². The maximum Gasteiger partial charge on any atom is 0.344 e. The number of amides is 1. The van der Waals surface area contributed by atoms with E-state index in [0.717, 1.165) is 16.9 Å². The van der Waals surface area contributed by atoms with Gasteiger partial charge in [0.1, 0.15) is 5.75 Å². The van der Waals surface area contributed by atoms with Gasteiger partial charge in [0.25, 0.3) is 5.91 Å². The average molecular weight is 404 g/mol. The highest BCUT2D eigenvalue weighted by molar-refractivity contribution is 5.95. The van der Waals surface area contributed by atoms with Crippen molar-refractivity contribution in [2.24, 2.45) is 0 Å². The van der Waals surface area contributed by atoms with Crippen LogP contribution in [0.25, 0.3) is 0 Å². The summed E-state index contributed by atoms with van der Waals surface area (Å²) in [4.78, 5) is 24.2. The van der Waals surface area contributed by atoms with Gasteiger partial charge in [0.15, 0.2) is 12.7 Å². The van der Waals surface area contributed by atoms with Crippen molar-refractivity contribution in [3.8, 4) is 5.75 Å². The second kappa shape index (κ2) is 10.1. The Morgan fingerprint density at radius 3 is 2.10 bits per heavy atom. The van der Waals surface area contributed by atoms with Crippen LogP contribution in [0.4, 0.5) is 17.1 Å². The van der Waals surface area contributed by atoms with E-state index in [-0.39, 0.29) is 6.61 Å². The number of anilines is 3. The van der Waals surface area contributed by atoms with Gasteiger partial charge in [-0.05, 0) is 62.4 Å². The Balaban J connectivity index is 1.43. The van der Waals surface area contributed by atoms with Crippen LogP contribution in [0, 0.1) is 6.92 Å². The first kappa shape index (κ1) is 20.9. The van der Waals surface area contributed by atoms with Crippen molar-refractivity contribution in [2.45, 2.75) is 20.0 Å². The first-order valence-corrected chi connectivity index (χ1v) is 9.61. The number of rotatable bonds is 8. The third-order valence-electron chi connectivity index (χ3n) is 4.27. The fourth-order valence-corrected chi connectivity index (χ4v) is 2.63. The highest BCUT2D eigenvalue weighted by atomic mass is 16.6. The number of nitrogens with one attached hydrogen (secondary N) is 2. The molecule has 6 nitrogen and oxygen atoms in total. The zero-order valence-electron chi connectivity index (χ0n) is 16.9. The van der Waals surface area contributed by atoms with E-state index in [0.29, 0.717) is 11.4 Å². The van der Waals surface area contributed by atoms with E-state index in [2.05, 4.69) is 10.6 Å². The van der Waals surface area contributed by atoms with Crippen LogP contribution in [0.15, 0.2) is 78.9 Å². The zero-order valence-corrected chi connectivity index (χ0v) is 16.9. The summed E-state index contributed by atoms with van der Waals surface area (Å²) < 4.78 is 10.6. The van der Waals surface area contributed by atoms with Gasteiger partial charge in [0, 0.05) is 17.1 Å². The predicted octanol–water partition coefficient (Wildman–Crippen LogP) is 4.69. The van der Waals surface area contributed by atoms with E-state index in [9.17, 15) is 9.59 Å². The Kier molecular flexibility index (Phi) is 7.05. The molecule has 1 amide bonds. The van der Waals surface area contributed by atoms with Gasteiger partial charge in [-0.3, -0.25) is 4.79 Å². The molecule has 0 aliphatic heterocycles. The number of esters is 1. The number of hydrogen-bond acceptors (Lipinski definition) is 5. The van der Waals surface area contributed by atoms with E-state index >= 15 is 0 Å². The van der Waals surface area contributed by atoms with Gasteiger partial charge in [-0.15, -0.1) is 0 Å². The van der Waals surface area contributed by atoms with Crippen molar-refractivity contribution < 1.29 is 19.1 Å². The van der Waals surface area contributed by atoms with Crippen molar-refractivity contribution in [3.05, 3.63) is 84.4 Å². The monoisotopic (exact) mass is 404 g/mol. The molecule has 0 saturated carbocycles. The van der Waals surface area contributed by atoms with Crippen LogP contribution in [0.3, 0.4) is 0 Å². The van der Waals surface area contributed by atoms with Crippen LogP contribution in [0.2, 0.25) is 0 Å². The summed E-state index contributed by atoms with van der Waals surface area (Å²) in [6, 6.07) is 24.4. The topological polar surface area (TPSA) is 76.7 Å². The number of para-hydroxylation sites is 1. The quantitative estimate of drug-likeness (QED) is 0.533. The Hall–Kier alpha value is -3.80. The minimum Gasteiger partial charge on any atom is -0.482 e. The molecule has 0 radical (unpaired) electrons. The number of carbonyl (C=O) groups excluding carboxylic acids is 2. The minimum atomic E-state index is -0.931. The molecule has 0 unspecified atom stereocenters. The molecule has 6 heteroatoms. The minimum absolute atomic E-state index is 0.284. The summed E-state index contributed by atoms with van der Waals surface area (Å²) >= 11 is 0. The van der Waals surface area contributed by atoms with Gasteiger partial charge >= 0.3 is 5.97 Å². The molecule has 0 aromatic heterocycles. The molecular formula is C24H24N2O4. The van der Waals surface area contributed by atoms with Crippen molar-refractivity contribution in [3.63, 3.8) is 0 Å². The summed E-state index contributed by atoms with van der Waals surface area (Å²) in [7, 11) is 0. The molecule has 3 aromatic rings. The Labute approximate surface area is 175 Å². The van der Waals surface area contributed by atoms with Crippen molar-refractivity contribution in [1.82, 2.24) is 0 Å². The number of carbonyl (C=O) groups is 2. The Bertz CT molecular complexity index is 970. The van der Waals surface area contributed by atoms with Gasteiger partial charge in [-0.25, -0.2) is 4.79 Å². The van der Waals surface area contributed by atoms with E-state index in [4.69, 9.17) is 9.47 Å². The molecule has 2 N–H and O–H groups in total. The molecule has 0 fully saturated rings. The lowest BCUT2D eigenvalue weighted by Crippen LogP contribution is -2.31. The van der Waals surface area contributed by atoms with E-state index in [1.54, 1.807) is 24.3 Å². The molecule has 0 heterocycles. The third-order valence-corrected chi connectivity index (χ3v) is 4.27. The van der Waals surface area contributed by atoms with Crippen LogP contribution in [0.5, 0.6) is 5.75 Å². The van der Waals surface area contributed by atoms with Crippen LogP contribution < -0.4 is 15.4 Å². The Morgan fingerprint density at radius 1 is 0.833 bits per heavy atom. The highest BCUT2D eigenvalue weighted by Gasteiger charge is 2.18. The van der Waals surface area contributed by atoms with Gasteiger partial charge in [-0.2, -0.15) is 0 Å². The molecule has 1 atom stereocenters. The fraction of sp³-hybridized carbons (Fsp3) is 0.167. The molecule has 0 saturated heterocycles. The number of ether oxygens (including phenoxy) is 2. The lowest BCUT2D eigenvalue weighted by Gasteiger charge is -2.14. The molecular weight excluding hydrogens is 380 g/mol. The lowest BCUT2D eigenvalue weighted by molar-refractivity contribution is -0.155. The first-order valence-electron chi connectivity index (χ1n) is 9.61. The molecule has 0 aliphatic carbocycles. The van der Waals surface area contributed by atoms with Gasteiger partial charge in [0.05, 0.1) is 0 Å². The number of benzene rings is 3. The molecule has 0 spiro atoms.